The second-order valence-corrected chi connectivity index (χ2v) is 4.30. The zero-order valence-electron chi connectivity index (χ0n) is 11.3. The van der Waals surface area contributed by atoms with E-state index in [-0.39, 0.29) is 0 Å². The lowest BCUT2D eigenvalue weighted by Crippen LogP contribution is -2.22. The van der Waals surface area contributed by atoms with Crippen LogP contribution in [0.2, 0.25) is 0 Å². The maximum absolute atomic E-state index is 5.81. The number of hydrogen-bond acceptors (Lipinski definition) is 2. The highest BCUT2D eigenvalue weighted by atomic mass is 16.5. The Labute approximate surface area is 105 Å². The molecule has 1 aromatic rings. The topological polar surface area (TPSA) is 21.3 Å². The third kappa shape index (κ3) is 4.39. The molecule has 0 aromatic heterocycles. The first-order valence-electron chi connectivity index (χ1n) is 6.78. The van der Waals surface area contributed by atoms with Crippen molar-refractivity contribution in [2.24, 2.45) is 0 Å². The van der Waals surface area contributed by atoms with Gasteiger partial charge in [0.2, 0.25) is 0 Å². The maximum Gasteiger partial charge on any atom is 0.124 e. The van der Waals surface area contributed by atoms with E-state index in [1.807, 2.05) is 6.07 Å². The summed E-state index contributed by atoms with van der Waals surface area (Å²) >= 11 is 0. The predicted molar refractivity (Wildman–Crippen MR) is 73.6 cm³/mol. The van der Waals surface area contributed by atoms with Gasteiger partial charge in [-0.15, -0.1) is 0 Å². The molecule has 1 aromatic carbocycles. The fraction of sp³-hybridized carbons (Fsp3) is 0.600. The quantitative estimate of drug-likeness (QED) is 0.737. The molecule has 0 aliphatic heterocycles. The molecule has 0 amide bonds. The Kier molecular flexibility index (Phi) is 6.71. The summed E-state index contributed by atoms with van der Waals surface area (Å²) in [4.78, 5) is 0. The van der Waals surface area contributed by atoms with Gasteiger partial charge >= 0.3 is 0 Å². The Morgan fingerprint density at radius 1 is 1.12 bits per heavy atom. The minimum Gasteiger partial charge on any atom is -0.493 e. The van der Waals surface area contributed by atoms with E-state index in [4.69, 9.17) is 4.74 Å². The second-order valence-electron chi connectivity index (χ2n) is 4.30. The summed E-state index contributed by atoms with van der Waals surface area (Å²) in [6, 6.07) is 8.78. The van der Waals surface area contributed by atoms with E-state index >= 15 is 0 Å². The molecule has 2 heteroatoms. The largest absolute Gasteiger partial charge is 0.493 e. The molecule has 0 aliphatic rings. The Morgan fingerprint density at radius 2 is 1.88 bits per heavy atom. The molecule has 0 fully saturated rings. The molecule has 1 N–H and O–H groups in total. The first-order chi connectivity index (χ1) is 8.33. The van der Waals surface area contributed by atoms with Gasteiger partial charge in [-0.2, -0.15) is 0 Å². The maximum atomic E-state index is 5.81. The highest BCUT2D eigenvalue weighted by Crippen LogP contribution is 2.27. The van der Waals surface area contributed by atoms with Crippen molar-refractivity contribution in [2.75, 3.05) is 13.2 Å². The van der Waals surface area contributed by atoms with E-state index in [2.05, 4.69) is 44.3 Å². The van der Waals surface area contributed by atoms with E-state index in [9.17, 15) is 0 Å². The van der Waals surface area contributed by atoms with E-state index < -0.39 is 0 Å². The lowest BCUT2D eigenvalue weighted by molar-refractivity contribution is 0.309. The molecule has 0 saturated heterocycles. The molecule has 2 nitrogen and oxygen atoms in total. The predicted octanol–water partition coefficient (Wildman–Crippen LogP) is 3.93. The highest BCUT2D eigenvalue weighted by Gasteiger charge is 2.12. The molecule has 0 saturated carbocycles. The Balaban J connectivity index is 2.77. The molecule has 1 atom stereocenters. The molecule has 0 radical (unpaired) electrons. The van der Waals surface area contributed by atoms with Gasteiger partial charge < -0.3 is 10.1 Å². The van der Waals surface area contributed by atoms with Crippen molar-refractivity contribution >= 4 is 0 Å². The van der Waals surface area contributed by atoms with Crippen LogP contribution >= 0.6 is 0 Å². The van der Waals surface area contributed by atoms with Gasteiger partial charge in [0.15, 0.2) is 0 Å². The van der Waals surface area contributed by atoms with Crippen LogP contribution in [0.3, 0.4) is 0 Å². The van der Waals surface area contributed by atoms with Crippen molar-refractivity contribution in [3.05, 3.63) is 29.8 Å². The first-order valence-corrected chi connectivity index (χ1v) is 6.78. The Morgan fingerprint density at radius 3 is 2.53 bits per heavy atom. The van der Waals surface area contributed by atoms with Crippen LogP contribution in [0, 0.1) is 0 Å². The summed E-state index contributed by atoms with van der Waals surface area (Å²) in [7, 11) is 0. The number of para-hydroxylation sites is 1. The lowest BCUT2D eigenvalue weighted by atomic mass is 10.0. The van der Waals surface area contributed by atoms with Crippen LogP contribution in [0.5, 0.6) is 5.75 Å². The van der Waals surface area contributed by atoms with Crippen LogP contribution < -0.4 is 10.1 Å². The molecule has 0 bridgehead atoms. The van der Waals surface area contributed by atoms with Gasteiger partial charge in [-0.05, 0) is 31.9 Å². The summed E-state index contributed by atoms with van der Waals surface area (Å²) in [6.07, 6.45) is 3.30. The molecule has 96 valence electrons. The van der Waals surface area contributed by atoms with Gasteiger partial charge in [0.05, 0.1) is 6.61 Å². The van der Waals surface area contributed by atoms with E-state index in [1.165, 1.54) is 5.56 Å². The third-order valence-corrected chi connectivity index (χ3v) is 2.81. The smallest absolute Gasteiger partial charge is 0.124 e. The Bertz CT molecular complexity index is 312. The summed E-state index contributed by atoms with van der Waals surface area (Å²) in [5.74, 6) is 1.03. The summed E-state index contributed by atoms with van der Waals surface area (Å²) in [6.45, 7) is 8.39. The highest BCUT2D eigenvalue weighted by molar-refractivity contribution is 5.35. The minimum absolute atomic E-state index is 0.406. The minimum atomic E-state index is 0.406. The van der Waals surface area contributed by atoms with Crippen molar-refractivity contribution in [1.82, 2.24) is 5.32 Å². The average molecular weight is 235 g/mol. The Hall–Kier alpha value is -1.02. The van der Waals surface area contributed by atoms with Gasteiger partial charge in [0.1, 0.15) is 5.75 Å². The van der Waals surface area contributed by atoms with Crippen molar-refractivity contribution < 1.29 is 4.74 Å². The molecule has 0 spiro atoms. The summed E-state index contributed by atoms with van der Waals surface area (Å²) < 4.78 is 5.81. The molecule has 17 heavy (non-hydrogen) atoms. The van der Waals surface area contributed by atoms with Crippen LogP contribution in [-0.2, 0) is 0 Å². The van der Waals surface area contributed by atoms with E-state index in [0.29, 0.717) is 6.04 Å². The molecule has 1 rings (SSSR count). The number of benzene rings is 1. The molecule has 0 aliphatic carbocycles. The van der Waals surface area contributed by atoms with E-state index in [1.54, 1.807) is 0 Å². The third-order valence-electron chi connectivity index (χ3n) is 2.81. The van der Waals surface area contributed by atoms with Gasteiger partial charge in [-0.25, -0.2) is 0 Å². The van der Waals surface area contributed by atoms with Crippen LogP contribution in [0.25, 0.3) is 0 Å². The normalized spacial score (nSPS) is 12.4. The fourth-order valence-corrected chi connectivity index (χ4v) is 1.90. The number of rotatable bonds is 8. The molecular weight excluding hydrogens is 210 g/mol. The van der Waals surface area contributed by atoms with Crippen LogP contribution in [-0.4, -0.2) is 13.2 Å². The standard InChI is InChI=1S/C15H25NO/c1-4-11-16-14(6-3)13-9-7-8-10-15(13)17-12-5-2/h7-10,14,16H,4-6,11-12H2,1-3H3. The molecule has 0 heterocycles. The van der Waals surface area contributed by atoms with Crippen molar-refractivity contribution in [2.45, 2.75) is 46.1 Å². The van der Waals surface area contributed by atoms with Crippen LogP contribution in [0.1, 0.15) is 51.6 Å². The van der Waals surface area contributed by atoms with Crippen molar-refractivity contribution in [3.8, 4) is 5.75 Å². The second kappa shape index (κ2) is 8.13. The molecular formula is C15H25NO. The SMILES string of the molecule is CCCNC(CC)c1ccccc1OCCC. The zero-order chi connectivity index (χ0) is 12.5. The van der Waals surface area contributed by atoms with Gasteiger partial charge in [-0.3, -0.25) is 0 Å². The first kappa shape index (κ1) is 14.0. The van der Waals surface area contributed by atoms with Crippen molar-refractivity contribution in [1.29, 1.82) is 0 Å². The zero-order valence-corrected chi connectivity index (χ0v) is 11.3. The number of hydrogen-bond donors (Lipinski definition) is 1. The number of nitrogens with one attached hydrogen (secondary N) is 1. The van der Waals surface area contributed by atoms with Crippen LogP contribution in [0.15, 0.2) is 24.3 Å². The fourth-order valence-electron chi connectivity index (χ4n) is 1.90. The summed E-state index contributed by atoms with van der Waals surface area (Å²) in [5, 5.41) is 3.57. The van der Waals surface area contributed by atoms with E-state index in [0.717, 1.165) is 38.2 Å². The average Bonchev–Trinajstić information content (AvgIpc) is 2.38. The number of ether oxygens (including phenoxy) is 1. The van der Waals surface area contributed by atoms with Gasteiger partial charge in [0.25, 0.3) is 0 Å². The van der Waals surface area contributed by atoms with Gasteiger partial charge in [-0.1, -0.05) is 39.0 Å². The van der Waals surface area contributed by atoms with Crippen LogP contribution in [0.4, 0.5) is 0 Å². The van der Waals surface area contributed by atoms with Gasteiger partial charge in [0, 0.05) is 11.6 Å². The van der Waals surface area contributed by atoms with Crippen molar-refractivity contribution in [3.63, 3.8) is 0 Å². The summed E-state index contributed by atoms with van der Waals surface area (Å²) in [5.41, 5.74) is 1.29. The lowest BCUT2D eigenvalue weighted by Gasteiger charge is -2.20. The monoisotopic (exact) mass is 235 g/mol. The molecule has 1 unspecified atom stereocenters.